The van der Waals surface area contributed by atoms with Gasteiger partial charge in [0.2, 0.25) is 0 Å². The van der Waals surface area contributed by atoms with E-state index >= 15 is 0 Å². The lowest BCUT2D eigenvalue weighted by atomic mass is 10.1. The molecular weight excluding hydrogens is 1120 g/mol. The number of para-hydroxylation sites is 6. The lowest BCUT2D eigenvalue weighted by molar-refractivity contribution is 0.669. The van der Waals surface area contributed by atoms with Gasteiger partial charge in [-0.3, -0.25) is 15.0 Å². The van der Waals surface area contributed by atoms with E-state index in [1.807, 2.05) is 175 Å². The summed E-state index contributed by atoms with van der Waals surface area (Å²) in [5, 5.41) is 7.42. The van der Waals surface area contributed by atoms with Crippen LogP contribution in [0.4, 0.5) is 51.2 Å². The number of aromatic nitrogens is 4. The van der Waals surface area contributed by atoms with Gasteiger partial charge < -0.3 is 23.7 Å². The summed E-state index contributed by atoms with van der Waals surface area (Å²) in [6.45, 7) is 12.0. The van der Waals surface area contributed by atoms with Crippen LogP contribution in [0.2, 0.25) is 0 Å². The minimum absolute atomic E-state index is 0.888. The van der Waals surface area contributed by atoms with Gasteiger partial charge in [-0.15, -0.1) is 11.3 Å². The van der Waals surface area contributed by atoms with Gasteiger partial charge in [-0.05, 0) is 140 Å². The average molecular weight is 1190 g/mol. The fourth-order valence-corrected chi connectivity index (χ4v) is 12.4. The van der Waals surface area contributed by atoms with Gasteiger partial charge in [-0.2, -0.15) is 0 Å². The van der Waals surface area contributed by atoms with E-state index in [0.29, 0.717) is 0 Å². The van der Waals surface area contributed by atoms with E-state index in [1.54, 1.807) is 0 Å². The zero-order valence-electron chi connectivity index (χ0n) is 51.5. The summed E-state index contributed by atoms with van der Waals surface area (Å²) in [4.78, 5) is 19.3. The van der Waals surface area contributed by atoms with E-state index < -0.39 is 0 Å². The van der Waals surface area contributed by atoms with Gasteiger partial charge in [-0.25, -0.2) is 0 Å². The van der Waals surface area contributed by atoms with Crippen LogP contribution < -0.4 is 14.7 Å². The second kappa shape index (κ2) is 29.5. The number of nitrogens with zero attached hydrogens (tertiary/aromatic N) is 7. The highest BCUT2D eigenvalue weighted by atomic mass is 32.1. The Balaban J connectivity index is 0.000000134. The number of benzene rings is 10. The van der Waals surface area contributed by atoms with E-state index in [1.165, 1.54) is 42.0 Å². The van der Waals surface area contributed by atoms with Crippen LogP contribution in [-0.4, -0.2) is 19.5 Å². The molecule has 442 valence electrons. The molecule has 16 rings (SSSR count). The second-order valence-corrected chi connectivity index (χ2v) is 21.2. The molecule has 8 nitrogen and oxygen atoms in total. The van der Waals surface area contributed by atoms with Crippen molar-refractivity contribution in [1.82, 2.24) is 19.5 Å². The van der Waals surface area contributed by atoms with Crippen molar-refractivity contribution in [2.45, 2.75) is 41.5 Å². The maximum absolute atomic E-state index is 6.08. The highest BCUT2D eigenvalue weighted by molar-refractivity contribution is 7.25. The fraction of sp³-hybridized carbons (Fsp3) is 0.0741. The van der Waals surface area contributed by atoms with Crippen molar-refractivity contribution in [3.05, 3.63) is 322 Å². The molecule has 0 N–H and O–H groups in total. The first-order valence-corrected chi connectivity index (χ1v) is 31.7. The molecule has 16 aromatic rings. The van der Waals surface area contributed by atoms with E-state index in [9.17, 15) is 0 Å². The molecule has 0 radical (unpaired) electrons. The third kappa shape index (κ3) is 12.9. The van der Waals surface area contributed by atoms with Crippen molar-refractivity contribution in [3.8, 4) is 5.69 Å². The molecule has 0 aliphatic heterocycles. The molecule has 0 spiro atoms. The van der Waals surface area contributed by atoms with E-state index in [4.69, 9.17) is 4.42 Å². The number of thiophene rings is 1. The van der Waals surface area contributed by atoms with Crippen LogP contribution in [0, 0.1) is 0 Å². The number of hydrogen-bond acceptors (Lipinski definition) is 8. The number of furan rings is 1. The first-order valence-electron chi connectivity index (χ1n) is 30.9. The Morgan fingerprint density at radius 2 is 0.622 bits per heavy atom. The zero-order chi connectivity index (χ0) is 62.0. The molecule has 0 atom stereocenters. The number of fused-ring (bicyclic) bond motifs is 9. The number of hydrogen-bond donors (Lipinski definition) is 0. The minimum atomic E-state index is 0.888. The third-order valence-corrected chi connectivity index (χ3v) is 16.1. The van der Waals surface area contributed by atoms with Crippen molar-refractivity contribution >= 4 is 126 Å². The lowest BCUT2D eigenvalue weighted by Crippen LogP contribution is -2.10. The predicted molar refractivity (Wildman–Crippen MR) is 385 cm³/mol. The maximum atomic E-state index is 6.08. The molecule has 0 saturated carbocycles. The molecule has 0 unspecified atom stereocenters. The average Bonchev–Trinajstić information content (AvgIpc) is 1.69. The molecule has 0 saturated heterocycles. The van der Waals surface area contributed by atoms with Crippen molar-refractivity contribution < 1.29 is 4.42 Å². The summed E-state index contributed by atoms with van der Waals surface area (Å²) < 4.78 is 11.1. The lowest BCUT2D eigenvalue weighted by Gasteiger charge is -2.25. The highest BCUT2D eigenvalue weighted by Gasteiger charge is 2.19. The maximum Gasteiger partial charge on any atom is 0.137 e. The van der Waals surface area contributed by atoms with E-state index in [2.05, 4.69) is 234 Å². The van der Waals surface area contributed by atoms with Crippen LogP contribution in [0.3, 0.4) is 0 Å². The summed E-state index contributed by atoms with van der Waals surface area (Å²) in [6, 6.07) is 99.2. The normalized spacial score (nSPS) is 10.6. The number of anilines is 9. The molecule has 0 aliphatic carbocycles. The van der Waals surface area contributed by atoms with Crippen LogP contribution in [0.5, 0.6) is 0 Å². The Kier molecular flexibility index (Phi) is 19.9. The molecule has 0 aliphatic rings. The van der Waals surface area contributed by atoms with Crippen LogP contribution in [0.1, 0.15) is 41.5 Å². The zero-order valence-corrected chi connectivity index (χ0v) is 52.4. The van der Waals surface area contributed by atoms with Crippen LogP contribution in [0.15, 0.2) is 327 Å². The van der Waals surface area contributed by atoms with Crippen molar-refractivity contribution in [2.75, 3.05) is 14.7 Å². The Hall–Kier alpha value is -11.1. The van der Waals surface area contributed by atoms with Crippen LogP contribution in [0.25, 0.3) is 69.6 Å². The number of rotatable bonds is 10. The second-order valence-electron chi connectivity index (χ2n) is 20.1. The topological polar surface area (TPSA) is 66.5 Å². The first-order chi connectivity index (χ1) is 44.7. The summed E-state index contributed by atoms with van der Waals surface area (Å²) in [5.74, 6) is 0. The van der Waals surface area contributed by atoms with Gasteiger partial charge in [0.05, 0.1) is 11.0 Å². The monoisotopic (exact) mass is 1190 g/mol. The fourth-order valence-electron chi connectivity index (χ4n) is 11.2. The van der Waals surface area contributed by atoms with Gasteiger partial charge in [0.1, 0.15) is 11.2 Å². The molecule has 9 heteroatoms. The van der Waals surface area contributed by atoms with Crippen LogP contribution in [-0.2, 0) is 0 Å². The quantitative estimate of drug-likeness (QED) is 0.135. The molecule has 6 aromatic heterocycles. The third-order valence-electron chi connectivity index (χ3n) is 15.0. The molecule has 0 bridgehead atoms. The highest BCUT2D eigenvalue weighted by Crippen LogP contribution is 2.43. The summed E-state index contributed by atoms with van der Waals surface area (Å²) in [7, 11) is 0. The van der Waals surface area contributed by atoms with Crippen molar-refractivity contribution in [2.24, 2.45) is 0 Å². The molecule has 10 aromatic carbocycles. The molecule has 0 amide bonds. The Morgan fingerprint density at radius 1 is 0.267 bits per heavy atom. The van der Waals surface area contributed by atoms with Crippen molar-refractivity contribution in [3.63, 3.8) is 0 Å². The first kappa shape index (κ1) is 60.6. The van der Waals surface area contributed by atoms with Crippen LogP contribution >= 0.6 is 11.3 Å². The summed E-state index contributed by atoms with van der Waals surface area (Å²) in [5.41, 5.74) is 15.2. The van der Waals surface area contributed by atoms with E-state index in [-0.39, 0.29) is 0 Å². The van der Waals surface area contributed by atoms with E-state index in [0.717, 1.165) is 78.8 Å². The molecule has 90 heavy (non-hydrogen) atoms. The predicted octanol–water partition coefficient (Wildman–Crippen LogP) is 24.1. The molecular formula is C81H71N7OS. The largest absolute Gasteiger partial charge is 0.456 e. The Morgan fingerprint density at radius 3 is 1.14 bits per heavy atom. The van der Waals surface area contributed by atoms with Gasteiger partial charge in [0.15, 0.2) is 0 Å². The minimum Gasteiger partial charge on any atom is -0.456 e. The smallest absolute Gasteiger partial charge is 0.137 e. The van der Waals surface area contributed by atoms with Gasteiger partial charge in [0.25, 0.3) is 0 Å². The Bertz CT molecular complexity index is 4540. The van der Waals surface area contributed by atoms with Crippen molar-refractivity contribution in [1.29, 1.82) is 0 Å². The van der Waals surface area contributed by atoms with Gasteiger partial charge >= 0.3 is 0 Å². The summed E-state index contributed by atoms with van der Waals surface area (Å²) in [6.07, 6.45) is 11.0. The SMILES string of the molecule is CC.CC.CC.c1ccc(N(c2ccncc2)c2ccc3c(c2)oc2ccccc23)cc1.c1ccc(N(c2ccncc2)c2ccc3c(c2)sc2ccccc23)cc1.c1ccc(N(c2ccncc2)c2ccc3c4ccccc4n(-c4ccccc4)c3c2)cc1. The number of pyridine rings is 3. The standard InChI is InChI=1S/C29H21N3.C23H16N2O.C23H16N2S.3C2H6/c1-3-9-22(10-4-1)31(24-17-19-30-20-18-24)25-15-16-27-26-13-7-8-14-28(26)32(29(27)21-25)23-11-5-2-6-12-23;2*1-2-6-17(7-3-1)25(18-12-14-24-15-13-18)19-10-11-21-20-8-4-5-9-22(20)26-23(21)16-19;3*1-2/h1-21H;2*1-16H;3*1-2H3. The van der Waals surface area contributed by atoms with Gasteiger partial charge in [-0.1, -0.05) is 181 Å². The summed E-state index contributed by atoms with van der Waals surface area (Å²) >= 11 is 1.84. The molecule has 6 heterocycles. The Labute approximate surface area is 531 Å². The van der Waals surface area contributed by atoms with Gasteiger partial charge in [0, 0.05) is 142 Å². The molecule has 0 fully saturated rings.